The number of nitrogens with two attached hydrogens (primary N) is 1. The number of nitrogens with zero attached hydrogens (tertiary/aromatic N) is 1. The van der Waals surface area contributed by atoms with Gasteiger partial charge in [0.05, 0.1) is 0 Å². The van der Waals surface area contributed by atoms with E-state index in [2.05, 4.69) is 0 Å². The third-order valence-corrected chi connectivity index (χ3v) is 3.41. The Morgan fingerprint density at radius 1 is 1.00 bits per heavy atom. The largest absolute Gasteiger partial charge is 0.381 e. The molecule has 0 unspecified atom stereocenters. The number of piperidine rings is 1. The van der Waals surface area contributed by atoms with E-state index >= 15 is 0 Å². The normalized spacial score (nSPS) is 30.8. The molecule has 70 valence electrons. The minimum absolute atomic E-state index is 0.591. The molecule has 0 aromatic heterocycles. The van der Waals surface area contributed by atoms with Gasteiger partial charge in [0, 0.05) is 26.3 Å². The molecule has 2 rings (SSSR count). The molecule has 2 aliphatic rings. The van der Waals surface area contributed by atoms with Crippen LogP contribution < -0.4 is 5.84 Å². The van der Waals surface area contributed by atoms with Crippen LogP contribution in [0.2, 0.25) is 0 Å². The highest BCUT2D eigenvalue weighted by atomic mass is 16.5. The fraction of sp³-hybridized carbons (Fsp3) is 1.00. The summed E-state index contributed by atoms with van der Waals surface area (Å²) in [5.74, 6) is 5.73. The second-order valence-electron chi connectivity index (χ2n) is 4.15. The van der Waals surface area contributed by atoms with Crippen molar-refractivity contribution in [3.05, 3.63) is 0 Å². The molecule has 0 aromatic carbocycles. The van der Waals surface area contributed by atoms with E-state index in [0.29, 0.717) is 5.41 Å². The van der Waals surface area contributed by atoms with Crippen molar-refractivity contribution in [2.75, 3.05) is 26.3 Å². The molecule has 2 saturated heterocycles. The van der Waals surface area contributed by atoms with Gasteiger partial charge in [-0.1, -0.05) is 0 Å². The number of rotatable bonds is 0. The molecule has 12 heavy (non-hydrogen) atoms. The third kappa shape index (κ3) is 1.63. The van der Waals surface area contributed by atoms with Crippen LogP contribution >= 0.6 is 0 Å². The van der Waals surface area contributed by atoms with E-state index in [1.807, 2.05) is 5.01 Å². The van der Waals surface area contributed by atoms with E-state index in [4.69, 9.17) is 10.6 Å². The van der Waals surface area contributed by atoms with Gasteiger partial charge >= 0.3 is 0 Å². The second-order valence-corrected chi connectivity index (χ2v) is 4.15. The summed E-state index contributed by atoms with van der Waals surface area (Å²) in [5.41, 5.74) is 0.591. The average Bonchev–Trinajstić information content (AvgIpc) is 2.13. The van der Waals surface area contributed by atoms with Gasteiger partial charge in [0.1, 0.15) is 0 Å². The van der Waals surface area contributed by atoms with E-state index < -0.39 is 0 Å². The van der Waals surface area contributed by atoms with Crippen molar-refractivity contribution in [1.29, 1.82) is 0 Å². The molecule has 0 atom stereocenters. The first-order chi connectivity index (χ1) is 5.81. The molecule has 2 N–H and O–H groups in total. The van der Waals surface area contributed by atoms with Gasteiger partial charge < -0.3 is 4.74 Å². The maximum absolute atomic E-state index is 5.73. The van der Waals surface area contributed by atoms with Crippen molar-refractivity contribution in [2.24, 2.45) is 11.3 Å². The molecule has 1 spiro atoms. The summed E-state index contributed by atoms with van der Waals surface area (Å²) >= 11 is 0. The molecular formula is C9H18N2O. The highest BCUT2D eigenvalue weighted by Crippen LogP contribution is 2.39. The van der Waals surface area contributed by atoms with Gasteiger partial charge in [0.25, 0.3) is 0 Å². The minimum Gasteiger partial charge on any atom is -0.381 e. The van der Waals surface area contributed by atoms with Crippen LogP contribution in [0, 0.1) is 5.41 Å². The van der Waals surface area contributed by atoms with Crippen LogP contribution in [0.1, 0.15) is 25.7 Å². The van der Waals surface area contributed by atoms with Crippen LogP contribution in [-0.4, -0.2) is 31.3 Å². The van der Waals surface area contributed by atoms with Gasteiger partial charge in [0.15, 0.2) is 0 Å². The van der Waals surface area contributed by atoms with E-state index in [9.17, 15) is 0 Å². The third-order valence-electron chi connectivity index (χ3n) is 3.41. The zero-order valence-corrected chi connectivity index (χ0v) is 7.59. The first-order valence-corrected chi connectivity index (χ1v) is 4.88. The molecule has 0 saturated carbocycles. The Labute approximate surface area is 73.8 Å². The minimum atomic E-state index is 0.591. The Hall–Kier alpha value is -0.120. The maximum Gasteiger partial charge on any atom is 0.0471 e. The van der Waals surface area contributed by atoms with Crippen LogP contribution in [-0.2, 0) is 4.74 Å². The lowest BCUT2D eigenvalue weighted by molar-refractivity contribution is -0.0207. The molecule has 3 heteroatoms. The molecule has 0 bridgehead atoms. The van der Waals surface area contributed by atoms with Crippen molar-refractivity contribution >= 4 is 0 Å². The summed E-state index contributed by atoms with van der Waals surface area (Å²) in [6.07, 6.45) is 5.04. The van der Waals surface area contributed by atoms with Crippen molar-refractivity contribution in [2.45, 2.75) is 25.7 Å². The van der Waals surface area contributed by atoms with Crippen LogP contribution in [0.25, 0.3) is 0 Å². The molecule has 2 fully saturated rings. The van der Waals surface area contributed by atoms with Gasteiger partial charge in [-0.2, -0.15) is 0 Å². The van der Waals surface area contributed by atoms with Crippen molar-refractivity contribution < 1.29 is 4.74 Å². The predicted octanol–water partition coefficient (Wildman–Crippen LogP) is 0.753. The lowest BCUT2D eigenvalue weighted by atomic mass is 9.73. The van der Waals surface area contributed by atoms with Gasteiger partial charge in [0.2, 0.25) is 0 Å². The molecular weight excluding hydrogens is 152 g/mol. The highest BCUT2D eigenvalue weighted by molar-refractivity contribution is 4.86. The van der Waals surface area contributed by atoms with Crippen molar-refractivity contribution in [3.63, 3.8) is 0 Å². The maximum atomic E-state index is 5.73. The average molecular weight is 170 g/mol. The summed E-state index contributed by atoms with van der Waals surface area (Å²) in [4.78, 5) is 0. The molecule has 2 heterocycles. The summed E-state index contributed by atoms with van der Waals surface area (Å²) in [6, 6.07) is 0. The summed E-state index contributed by atoms with van der Waals surface area (Å²) in [7, 11) is 0. The number of hydrogen-bond donors (Lipinski definition) is 1. The van der Waals surface area contributed by atoms with Crippen LogP contribution in [0.15, 0.2) is 0 Å². The zero-order chi connectivity index (χ0) is 8.44. The van der Waals surface area contributed by atoms with Gasteiger partial charge in [-0.15, -0.1) is 0 Å². The fourth-order valence-electron chi connectivity index (χ4n) is 2.30. The summed E-state index contributed by atoms with van der Waals surface area (Å²) in [5, 5.41) is 1.95. The standard InChI is InChI=1S/C9H18N2O/c10-11-5-1-9(2-6-11)3-7-12-8-4-9/h1-8,10H2. The fourth-order valence-corrected chi connectivity index (χ4v) is 2.30. The zero-order valence-electron chi connectivity index (χ0n) is 7.59. The summed E-state index contributed by atoms with van der Waals surface area (Å²) in [6.45, 7) is 4.06. The first-order valence-electron chi connectivity index (χ1n) is 4.88. The first kappa shape index (κ1) is 8.48. The Balaban J connectivity index is 1.92. The van der Waals surface area contributed by atoms with E-state index in [0.717, 1.165) is 26.3 Å². The molecule has 0 amide bonds. The van der Waals surface area contributed by atoms with Crippen LogP contribution in [0.5, 0.6) is 0 Å². The van der Waals surface area contributed by atoms with Crippen molar-refractivity contribution in [3.8, 4) is 0 Å². The highest BCUT2D eigenvalue weighted by Gasteiger charge is 2.35. The lowest BCUT2D eigenvalue weighted by Gasteiger charge is -2.42. The molecule has 0 aromatic rings. The lowest BCUT2D eigenvalue weighted by Crippen LogP contribution is -2.45. The number of hydrazine groups is 1. The monoisotopic (exact) mass is 170 g/mol. The van der Waals surface area contributed by atoms with E-state index in [-0.39, 0.29) is 0 Å². The predicted molar refractivity (Wildman–Crippen MR) is 47.5 cm³/mol. The van der Waals surface area contributed by atoms with E-state index in [1.165, 1.54) is 25.7 Å². The van der Waals surface area contributed by atoms with Crippen LogP contribution in [0.4, 0.5) is 0 Å². The Bertz CT molecular complexity index is 145. The second kappa shape index (κ2) is 3.32. The Morgan fingerprint density at radius 2 is 1.58 bits per heavy atom. The van der Waals surface area contributed by atoms with Crippen LogP contribution in [0.3, 0.4) is 0 Å². The SMILES string of the molecule is NN1CCC2(CCOCC2)CC1. The van der Waals surface area contributed by atoms with Gasteiger partial charge in [-0.3, -0.25) is 5.84 Å². The molecule has 0 radical (unpaired) electrons. The molecule has 2 aliphatic heterocycles. The van der Waals surface area contributed by atoms with Gasteiger partial charge in [-0.25, -0.2) is 5.01 Å². The molecule has 3 nitrogen and oxygen atoms in total. The number of hydrogen-bond acceptors (Lipinski definition) is 3. The Kier molecular flexibility index (Phi) is 2.35. The van der Waals surface area contributed by atoms with E-state index in [1.54, 1.807) is 0 Å². The summed E-state index contributed by atoms with van der Waals surface area (Å²) < 4.78 is 5.38. The van der Waals surface area contributed by atoms with Crippen molar-refractivity contribution in [1.82, 2.24) is 5.01 Å². The Morgan fingerprint density at radius 3 is 2.17 bits per heavy atom. The molecule has 0 aliphatic carbocycles. The quantitative estimate of drug-likeness (QED) is 0.545. The number of ether oxygens (including phenoxy) is 1. The van der Waals surface area contributed by atoms with Gasteiger partial charge in [-0.05, 0) is 31.1 Å². The topological polar surface area (TPSA) is 38.5 Å². The smallest absolute Gasteiger partial charge is 0.0471 e.